The second-order valence-electron chi connectivity index (χ2n) is 5.25. The predicted octanol–water partition coefficient (Wildman–Crippen LogP) is 1.67. The summed E-state index contributed by atoms with van der Waals surface area (Å²) < 4.78 is 11.0. The third-order valence-corrected chi connectivity index (χ3v) is 3.34. The summed E-state index contributed by atoms with van der Waals surface area (Å²) in [6.07, 6.45) is 4.10. The highest BCUT2D eigenvalue weighted by atomic mass is 16.5. The van der Waals surface area contributed by atoms with Crippen molar-refractivity contribution in [1.29, 1.82) is 0 Å². The Morgan fingerprint density at radius 1 is 1.48 bits per heavy atom. The van der Waals surface area contributed by atoms with Crippen LogP contribution in [0.2, 0.25) is 0 Å². The van der Waals surface area contributed by atoms with E-state index in [9.17, 15) is 4.79 Å². The first kappa shape index (κ1) is 15.7. The fourth-order valence-corrected chi connectivity index (χ4v) is 2.22. The SMILES string of the molecule is CN(C)c1ncccc1NC(=O)CCOC1CCOCC1. The van der Waals surface area contributed by atoms with E-state index in [1.807, 2.05) is 25.1 Å². The summed E-state index contributed by atoms with van der Waals surface area (Å²) in [5.41, 5.74) is 0.721. The Morgan fingerprint density at radius 3 is 2.95 bits per heavy atom. The topological polar surface area (TPSA) is 63.7 Å². The molecule has 1 aromatic heterocycles. The van der Waals surface area contributed by atoms with Crippen molar-refractivity contribution >= 4 is 17.4 Å². The van der Waals surface area contributed by atoms with Crippen LogP contribution in [-0.2, 0) is 14.3 Å². The Bertz CT molecular complexity index is 459. The minimum Gasteiger partial charge on any atom is -0.381 e. The first-order valence-electron chi connectivity index (χ1n) is 7.28. The van der Waals surface area contributed by atoms with Gasteiger partial charge in [-0.1, -0.05) is 0 Å². The molecule has 116 valence electrons. The molecule has 0 spiro atoms. The van der Waals surface area contributed by atoms with Gasteiger partial charge in [0.05, 0.1) is 24.8 Å². The number of amides is 1. The van der Waals surface area contributed by atoms with Gasteiger partial charge in [-0.3, -0.25) is 4.79 Å². The second kappa shape index (κ2) is 7.95. The van der Waals surface area contributed by atoms with Gasteiger partial charge in [-0.2, -0.15) is 0 Å². The monoisotopic (exact) mass is 293 g/mol. The summed E-state index contributed by atoms with van der Waals surface area (Å²) in [5.74, 6) is 0.689. The van der Waals surface area contributed by atoms with Crippen LogP contribution < -0.4 is 10.2 Å². The van der Waals surface area contributed by atoms with E-state index in [1.165, 1.54) is 0 Å². The first-order valence-corrected chi connectivity index (χ1v) is 7.28. The van der Waals surface area contributed by atoms with Gasteiger partial charge in [0.1, 0.15) is 0 Å². The van der Waals surface area contributed by atoms with Gasteiger partial charge in [-0.25, -0.2) is 4.98 Å². The van der Waals surface area contributed by atoms with Crippen LogP contribution in [0, 0.1) is 0 Å². The van der Waals surface area contributed by atoms with Crippen molar-refractivity contribution in [1.82, 2.24) is 4.98 Å². The van der Waals surface area contributed by atoms with Crippen LogP contribution in [0.5, 0.6) is 0 Å². The fraction of sp³-hybridized carbons (Fsp3) is 0.600. The van der Waals surface area contributed by atoms with Crippen LogP contribution in [-0.4, -0.2) is 50.9 Å². The largest absolute Gasteiger partial charge is 0.381 e. The molecule has 1 N–H and O–H groups in total. The molecular formula is C15H23N3O3. The molecule has 1 aromatic rings. The number of ether oxygens (including phenoxy) is 2. The summed E-state index contributed by atoms with van der Waals surface area (Å²) in [6, 6.07) is 3.65. The Hall–Kier alpha value is -1.66. The minimum atomic E-state index is -0.0573. The molecule has 0 unspecified atom stereocenters. The lowest BCUT2D eigenvalue weighted by Crippen LogP contribution is -2.25. The second-order valence-corrected chi connectivity index (χ2v) is 5.25. The number of nitrogens with one attached hydrogen (secondary N) is 1. The van der Waals surface area contributed by atoms with Crippen molar-refractivity contribution in [3.63, 3.8) is 0 Å². The molecule has 1 saturated heterocycles. The predicted molar refractivity (Wildman–Crippen MR) is 81.6 cm³/mol. The summed E-state index contributed by atoms with van der Waals surface area (Å²) >= 11 is 0. The zero-order valence-electron chi connectivity index (χ0n) is 12.7. The molecule has 0 saturated carbocycles. The van der Waals surface area contributed by atoms with Crippen LogP contribution >= 0.6 is 0 Å². The summed E-state index contributed by atoms with van der Waals surface area (Å²) in [7, 11) is 3.79. The van der Waals surface area contributed by atoms with E-state index in [1.54, 1.807) is 12.3 Å². The first-order chi connectivity index (χ1) is 10.2. The number of hydrogen-bond acceptors (Lipinski definition) is 5. The zero-order chi connectivity index (χ0) is 15.1. The van der Waals surface area contributed by atoms with Crippen molar-refractivity contribution in [2.75, 3.05) is 44.1 Å². The molecule has 21 heavy (non-hydrogen) atoms. The van der Waals surface area contributed by atoms with Crippen LogP contribution in [0.3, 0.4) is 0 Å². The van der Waals surface area contributed by atoms with Crippen LogP contribution in [0.4, 0.5) is 11.5 Å². The molecule has 0 aliphatic carbocycles. The molecule has 0 bridgehead atoms. The standard InChI is InChI=1S/C15H23N3O3/c1-18(2)15-13(4-3-8-16-15)17-14(19)7-11-21-12-5-9-20-10-6-12/h3-4,8,12H,5-7,9-11H2,1-2H3,(H,17,19). The van der Waals surface area contributed by atoms with Gasteiger partial charge in [0.25, 0.3) is 0 Å². The molecule has 1 amide bonds. The van der Waals surface area contributed by atoms with E-state index in [0.717, 1.165) is 37.6 Å². The molecular weight excluding hydrogens is 270 g/mol. The van der Waals surface area contributed by atoms with Gasteiger partial charge in [0.2, 0.25) is 5.91 Å². The fourth-order valence-electron chi connectivity index (χ4n) is 2.22. The van der Waals surface area contributed by atoms with Crippen LogP contribution in [0.25, 0.3) is 0 Å². The lowest BCUT2D eigenvalue weighted by molar-refractivity contribution is -0.118. The number of nitrogens with zero attached hydrogens (tertiary/aromatic N) is 2. The van der Waals surface area contributed by atoms with E-state index in [4.69, 9.17) is 9.47 Å². The number of carbonyl (C=O) groups excluding carboxylic acids is 1. The summed E-state index contributed by atoms with van der Waals surface area (Å²) in [6.45, 7) is 1.94. The van der Waals surface area contributed by atoms with Gasteiger partial charge in [0, 0.05) is 33.5 Å². The smallest absolute Gasteiger partial charge is 0.226 e. The van der Waals surface area contributed by atoms with E-state index >= 15 is 0 Å². The molecule has 1 aliphatic rings. The van der Waals surface area contributed by atoms with E-state index in [-0.39, 0.29) is 12.0 Å². The number of carbonyl (C=O) groups is 1. The molecule has 0 radical (unpaired) electrons. The lowest BCUT2D eigenvalue weighted by Gasteiger charge is -2.22. The normalized spacial score (nSPS) is 15.7. The molecule has 0 atom stereocenters. The van der Waals surface area contributed by atoms with Crippen molar-refractivity contribution in [3.8, 4) is 0 Å². The number of aromatic nitrogens is 1. The van der Waals surface area contributed by atoms with Gasteiger partial charge < -0.3 is 19.7 Å². The summed E-state index contributed by atoms with van der Waals surface area (Å²) in [4.78, 5) is 18.1. The van der Waals surface area contributed by atoms with Crippen molar-refractivity contribution in [2.45, 2.75) is 25.4 Å². The average molecular weight is 293 g/mol. The highest BCUT2D eigenvalue weighted by Crippen LogP contribution is 2.20. The van der Waals surface area contributed by atoms with Gasteiger partial charge in [-0.05, 0) is 25.0 Å². The molecule has 6 nitrogen and oxygen atoms in total. The van der Waals surface area contributed by atoms with E-state index in [0.29, 0.717) is 13.0 Å². The number of pyridine rings is 1. The van der Waals surface area contributed by atoms with Gasteiger partial charge >= 0.3 is 0 Å². The quantitative estimate of drug-likeness (QED) is 0.864. The number of anilines is 2. The highest BCUT2D eigenvalue weighted by Gasteiger charge is 2.15. The van der Waals surface area contributed by atoms with E-state index < -0.39 is 0 Å². The van der Waals surface area contributed by atoms with Gasteiger partial charge in [-0.15, -0.1) is 0 Å². The average Bonchev–Trinajstić information content (AvgIpc) is 2.48. The maximum absolute atomic E-state index is 12.0. The molecule has 0 aromatic carbocycles. The highest BCUT2D eigenvalue weighted by molar-refractivity contribution is 5.93. The molecule has 2 heterocycles. The Kier molecular flexibility index (Phi) is 5.95. The summed E-state index contributed by atoms with van der Waals surface area (Å²) in [5, 5.41) is 2.88. The third kappa shape index (κ3) is 4.99. The lowest BCUT2D eigenvalue weighted by atomic mass is 10.1. The van der Waals surface area contributed by atoms with Crippen LogP contribution in [0.15, 0.2) is 18.3 Å². The molecule has 1 aliphatic heterocycles. The Labute approximate surface area is 125 Å². The van der Waals surface area contributed by atoms with Crippen molar-refractivity contribution in [2.24, 2.45) is 0 Å². The minimum absolute atomic E-state index is 0.0573. The number of rotatable bonds is 6. The Morgan fingerprint density at radius 2 is 2.24 bits per heavy atom. The third-order valence-electron chi connectivity index (χ3n) is 3.34. The van der Waals surface area contributed by atoms with Crippen molar-refractivity contribution < 1.29 is 14.3 Å². The van der Waals surface area contributed by atoms with E-state index in [2.05, 4.69) is 10.3 Å². The number of hydrogen-bond donors (Lipinski definition) is 1. The Balaban J connectivity index is 1.76. The zero-order valence-corrected chi connectivity index (χ0v) is 12.7. The maximum atomic E-state index is 12.0. The van der Waals surface area contributed by atoms with Gasteiger partial charge in [0.15, 0.2) is 5.82 Å². The maximum Gasteiger partial charge on any atom is 0.226 e. The molecule has 6 heteroatoms. The van der Waals surface area contributed by atoms with Crippen LogP contribution in [0.1, 0.15) is 19.3 Å². The van der Waals surface area contributed by atoms with Crippen molar-refractivity contribution in [3.05, 3.63) is 18.3 Å². The molecule has 2 rings (SSSR count). The molecule has 1 fully saturated rings.